The largest absolute Gasteiger partial charge is 2.00 e. The van der Waals surface area contributed by atoms with Gasteiger partial charge in [-0.05, 0) is 0 Å². The molecule has 2 aromatic rings. The molecular formula is C10H2Ru-8. The molecule has 0 bridgehead atoms. The van der Waals surface area contributed by atoms with E-state index in [4.69, 9.17) is 0 Å². The molecule has 58 valence electrons. The Morgan fingerprint density at radius 1 is 0.545 bits per heavy atom. The molecule has 0 aromatic heterocycles. The predicted molar refractivity (Wildman–Crippen MR) is 34.8 cm³/mol. The molecule has 0 amide bonds. The zero-order valence-electron chi connectivity index (χ0n) is 5.51. The Kier molecular flexibility index (Phi) is 6.97. The van der Waals surface area contributed by atoms with Gasteiger partial charge in [0.1, 0.15) is 0 Å². The second-order valence-corrected chi connectivity index (χ2v) is 1.37. The normalized spacial score (nSPS) is 7.27. The van der Waals surface area contributed by atoms with Crippen molar-refractivity contribution in [3.63, 3.8) is 0 Å². The molecule has 0 nitrogen and oxygen atoms in total. The van der Waals surface area contributed by atoms with Gasteiger partial charge < -0.3 is 60.7 Å². The van der Waals surface area contributed by atoms with Crippen LogP contribution < -0.4 is 0 Å². The Balaban J connectivity index is 0.000000167. The van der Waals surface area contributed by atoms with Crippen molar-refractivity contribution in [1.82, 2.24) is 0 Å². The average molecular weight is 223 g/mol. The first-order valence-electron chi connectivity index (χ1n) is 2.65. The maximum atomic E-state index is 2.62. The van der Waals surface area contributed by atoms with E-state index < -0.39 is 0 Å². The van der Waals surface area contributed by atoms with Crippen molar-refractivity contribution in [1.29, 1.82) is 0 Å². The molecule has 1 heteroatoms. The van der Waals surface area contributed by atoms with E-state index in [1.54, 1.807) is 12.1 Å². The van der Waals surface area contributed by atoms with Gasteiger partial charge in [0.15, 0.2) is 0 Å². The molecule has 0 atom stereocenters. The molecule has 0 aliphatic heterocycles. The van der Waals surface area contributed by atoms with Crippen LogP contribution >= 0.6 is 0 Å². The molecule has 0 spiro atoms. The van der Waals surface area contributed by atoms with Gasteiger partial charge in [-0.1, -0.05) is 0 Å². The summed E-state index contributed by atoms with van der Waals surface area (Å²) in [5, 5.41) is 0. The fourth-order valence-electron chi connectivity index (χ4n) is 0.361. The monoisotopic (exact) mass is 224 g/mol. The first-order chi connectivity index (χ1) is 5.00. The van der Waals surface area contributed by atoms with Gasteiger partial charge >= 0.3 is 19.5 Å². The Morgan fingerprint density at radius 2 is 0.818 bits per heavy atom. The Hall–Kier alpha value is -0.677. The van der Waals surface area contributed by atoms with Crippen molar-refractivity contribution in [2.24, 2.45) is 0 Å². The van der Waals surface area contributed by atoms with Crippen LogP contribution in [-0.2, 0) is 19.5 Å². The predicted octanol–water partition coefficient (Wildman–Crippen LogP) is 1.21. The second kappa shape index (κ2) is 7.43. The third-order valence-electron chi connectivity index (χ3n) is 0.702. The number of hydrogen-bond donors (Lipinski definition) is 0. The summed E-state index contributed by atoms with van der Waals surface area (Å²) in [5.41, 5.74) is 0. The smallest absolute Gasteiger partial charge is 0.999 e. The van der Waals surface area contributed by atoms with Crippen LogP contribution in [0.3, 0.4) is 0 Å². The van der Waals surface area contributed by atoms with Crippen LogP contribution in [-0.4, -0.2) is 0 Å². The molecule has 0 fully saturated rings. The zero-order chi connectivity index (χ0) is 7.07. The standard InChI is InChI=1S/2C5H.Ru/c2*1-2-4-5-3-1;/h2*1H;/q2*-5;+2. The number of rotatable bonds is 0. The molecule has 0 saturated carbocycles. The van der Waals surface area contributed by atoms with E-state index >= 15 is 0 Å². The van der Waals surface area contributed by atoms with Crippen molar-refractivity contribution in [2.75, 3.05) is 0 Å². The van der Waals surface area contributed by atoms with Gasteiger partial charge in [-0.2, -0.15) is 0 Å². The van der Waals surface area contributed by atoms with Crippen molar-refractivity contribution in [3.8, 4) is 0 Å². The quantitative estimate of drug-likeness (QED) is 0.465. The van der Waals surface area contributed by atoms with E-state index in [9.17, 15) is 0 Å². The zero-order valence-corrected chi connectivity index (χ0v) is 7.25. The molecule has 0 unspecified atom stereocenters. The minimum atomic E-state index is 0. The molecule has 2 aromatic carbocycles. The van der Waals surface area contributed by atoms with E-state index in [2.05, 4.69) is 48.5 Å². The van der Waals surface area contributed by atoms with Crippen LogP contribution in [0.25, 0.3) is 0 Å². The summed E-state index contributed by atoms with van der Waals surface area (Å²) in [5.74, 6) is 0. The molecule has 11 heavy (non-hydrogen) atoms. The summed E-state index contributed by atoms with van der Waals surface area (Å²) in [6, 6.07) is 24.0. The van der Waals surface area contributed by atoms with Crippen LogP contribution in [0.5, 0.6) is 0 Å². The van der Waals surface area contributed by atoms with Crippen LogP contribution in [0.15, 0.2) is 12.1 Å². The van der Waals surface area contributed by atoms with E-state index in [0.29, 0.717) is 0 Å². The van der Waals surface area contributed by atoms with E-state index in [1.165, 1.54) is 0 Å². The SMILES string of the molecule is [Ru+2].[c-]1[c-][c-][cH-][c-]1.[c-]1[c-][c-][cH-][c-]1. The molecule has 0 radical (unpaired) electrons. The summed E-state index contributed by atoms with van der Waals surface area (Å²) < 4.78 is 0. The van der Waals surface area contributed by atoms with Gasteiger partial charge in [-0.25, -0.2) is 0 Å². The van der Waals surface area contributed by atoms with Gasteiger partial charge in [-0.3, -0.25) is 0 Å². The third-order valence-corrected chi connectivity index (χ3v) is 0.702. The average Bonchev–Trinajstić information content (AvgIpc) is 2.67. The first kappa shape index (κ1) is 10.3. The summed E-state index contributed by atoms with van der Waals surface area (Å²) in [6.07, 6.45) is 0. The molecule has 0 aliphatic rings. The van der Waals surface area contributed by atoms with Crippen molar-refractivity contribution in [3.05, 3.63) is 60.7 Å². The summed E-state index contributed by atoms with van der Waals surface area (Å²) in [7, 11) is 0. The Morgan fingerprint density at radius 3 is 0.909 bits per heavy atom. The van der Waals surface area contributed by atoms with Crippen molar-refractivity contribution >= 4 is 0 Å². The third kappa shape index (κ3) is 5.75. The van der Waals surface area contributed by atoms with E-state index in [-0.39, 0.29) is 19.5 Å². The molecule has 0 saturated heterocycles. The minimum absolute atomic E-state index is 0. The number of hydrogen-bond acceptors (Lipinski definition) is 0. The van der Waals surface area contributed by atoms with Crippen molar-refractivity contribution < 1.29 is 19.5 Å². The van der Waals surface area contributed by atoms with Crippen LogP contribution in [0.2, 0.25) is 0 Å². The van der Waals surface area contributed by atoms with Gasteiger partial charge in [0, 0.05) is 0 Å². The molecule has 0 N–H and O–H groups in total. The fourth-order valence-corrected chi connectivity index (χ4v) is 0.361. The van der Waals surface area contributed by atoms with Crippen LogP contribution in [0, 0.1) is 48.5 Å². The van der Waals surface area contributed by atoms with Gasteiger partial charge in [0.05, 0.1) is 0 Å². The van der Waals surface area contributed by atoms with E-state index in [0.717, 1.165) is 0 Å². The summed E-state index contributed by atoms with van der Waals surface area (Å²) in [6.45, 7) is 0. The molecular weight excluding hydrogens is 221 g/mol. The van der Waals surface area contributed by atoms with Crippen LogP contribution in [0.4, 0.5) is 0 Å². The van der Waals surface area contributed by atoms with Crippen molar-refractivity contribution in [2.45, 2.75) is 0 Å². The molecule has 2 rings (SSSR count). The van der Waals surface area contributed by atoms with Gasteiger partial charge in [0.2, 0.25) is 0 Å². The maximum absolute atomic E-state index is 2.62. The molecule has 0 aliphatic carbocycles. The summed E-state index contributed by atoms with van der Waals surface area (Å²) >= 11 is 0. The Bertz CT molecular complexity index is 144. The van der Waals surface area contributed by atoms with Gasteiger partial charge in [-0.15, -0.1) is 0 Å². The minimum Gasteiger partial charge on any atom is -0.999 e. The topological polar surface area (TPSA) is 0 Å². The maximum Gasteiger partial charge on any atom is 2.00 e. The Labute approximate surface area is 80.4 Å². The van der Waals surface area contributed by atoms with Crippen LogP contribution in [0.1, 0.15) is 0 Å². The fraction of sp³-hybridized carbons (Fsp3) is 0. The van der Waals surface area contributed by atoms with Gasteiger partial charge in [0.25, 0.3) is 0 Å². The summed E-state index contributed by atoms with van der Waals surface area (Å²) in [4.78, 5) is 0. The van der Waals surface area contributed by atoms with E-state index in [1.807, 2.05) is 0 Å². The first-order valence-corrected chi connectivity index (χ1v) is 2.65. The second-order valence-electron chi connectivity index (χ2n) is 1.37. The molecule has 0 heterocycles.